The summed E-state index contributed by atoms with van der Waals surface area (Å²) in [5, 5.41) is 2.90. The average Bonchev–Trinajstić information content (AvgIpc) is 2.63. The van der Waals surface area contributed by atoms with Crippen LogP contribution in [0.5, 0.6) is 0 Å². The molecule has 2 amide bonds. The molecule has 1 N–H and O–H groups in total. The molecule has 1 aliphatic rings. The molecule has 1 unspecified atom stereocenters. The van der Waals surface area contributed by atoms with E-state index >= 15 is 0 Å². The van der Waals surface area contributed by atoms with Crippen molar-refractivity contribution in [3.8, 4) is 0 Å². The molecule has 0 aromatic carbocycles. The molecule has 0 aliphatic carbocycles. The Morgan fingerprint density at radius 3 is 2.85 bits per heavy atom. The monoisotopic (exact) mass is 354 g/mol. The molecule has 1 saturated heterocycles. The van der Waals surface area contributed by atoms with Crippen molar-refractivity contribution in [3.63, 3.8) is 0 Å². The molecule has 0 radical (unpaired) electrons. The van der Waals surface area contributed by atoms with Gasteiger partial charge in [0.15, 0.2) is 0 Å². The summed E-state index contributed by atoms with van der Waals surface area (Å²) in [4.78, 5) is 29.2. The number of urea groups is 1. The second kappa shape index (κ2) is 8.12. The van der Waals surface area contributed by atoms with Crippen LogP contribution in [-0.4, -0.2) is 45.5 Å². The molecule has 0 saturated carbocycles. The third-order valence-electron chi connectivity index (χ3n) is 4.74. The minimum Gasteiger partial charge on any atom is -0.354 e. The molecule has 26 heavy (non-hydrogen) atoms. The lowest BCUT2D eigenvalue weighted by molar-refractivity contribution is 0.220. The van der Waals surface area contributed by atoms with Gasteiger partial charge >= 0.3 is 6.03 Å². The number of hydrogen-bond acceptors (Lipinski definition) is 5. The number of carbonyl (C=O) groups is 1. The van der Waals surface area contributed by atoms with Crippen LogP contribution < -0.4 is 10.2 Å². The van der Waals surface area contributed by atoms with Crippen LogP contribution in [0.3, 0.4) is 0 Å². The standard InChI is InChI=1S/C19H26N6O/c1-14-10-16(12-22-18(14)25-9-5-4-6-15(25)2)23-19(26)24(3)13-17-11-20-7-8-21-17/h7-8,10-12,15H,4-6,9,13H2,1-3H3,(H,23,26). The van der Waals surface area contributed by atoms with Crippen molar-refractivity contribution >= 4 is 17.5 Å². The first-order chi connectivity index (χ1) is 12.5. The first-order valence-corrected chi connectivity index (χ1v) is 9.05. The minimum absolute atomic E-state index is 0.198. The molecular weight excluding hydrogens is 328 g/mol. The Morgan fingerprint density at radius 1 is 1.31 bits per heavy atom. The van der Waals surface area contributed by atoms with E-state index < -0.39 is 0 Å². The van der Waals surface area contributed by atoms with E-state index in [1.54, 1.807) is 36.7 Å². The molecule has 1 atom stereocenters. The number of piperidine rings is 1. The zero-order valence-corrected chi connectivity index (χ0v) is 15.6. The third-order valence-corrected chi connectivity index (χ3v) is 4.74. The fraction of sp³-hybridized carbons (Fsp3) is 0.474. The Hall–Kier alpha value is -2.70. The van der Waals surface area contributed by atoms with E-state index in [9.17, 15) is 4.79 Å². The summed E-state index contributed by atoms with van der Waals surface area (Å²) in [5.74, 6) is 1.02. The van der Waals surface area contributed by atoms with Gasteiger partial charge in [-0.05, 0) is 44.7 Å². The third kappa shape index (κ3) is 4.28. The summed E-state index contributed by atoms with van der Waals surface area (Å²) >= 11 is 0. The number of aryl methyl sites for hydroxylation is 1. The zero-order valence-electron chi connectivity index (χ0n) is 15.6. The highest BCUT2D eigenvalue weighted by atomic mass is 16.2. The van der Waals surface area contributed by atoms with Crippen molar-refractivity contribution in [2.24, 2.45) is 0 Å². The predicted molar refractivity (Wildman–Crippen MR) is 102 cm³/mol. The van der Waals surface area contributed by atoms with Gasteiger partial charge in [0.2, 0.25) is 0 Å². The fourth-order valence-electron chi connectivity index (χ4n) is 3.29. The van der Waals surface area contributed by atoms with E-state index in [1.807, 2.05) is 13.0 Å². The van der Waals surface area contributed by atoms with E-state index in [0.717, 1.165) is 23.6 Å². The molecule has 3 rings (SSSR count). The number of aromatic nitrogens is 3. The lowest BCUT2D eigenvalue weighted by atomic mass is 10.0. The van der Waals surface area contributed by atoms with E-state index in [-0.39, 0.29) is 6.03 Å². The van der Waals surface area contributed by atoms with Crippen molar-refractivity contribution in [3.05, 3.63) is 42.1 Å². The number of nitrogens with zero attached hydrogens (tertiary/aromatic N) is 5. The van der Waals surface area contributed by atoms with E-state index in [4.69, 9.17) is 0 Å². The van der Waals surface area contributed by atoms with Gasteiger partial charge in [0.1, 0.15) is 5.82 Å². The second-order valence-electron chi connectivity index (χ2n) is 6.89. The summed E-state index contributed by atoms with van der Waals surface area (Å²) in [7, 11) is 1.73. The van der Waals surface area contributed by atoms with E-state index in [1.165, 1.54) is 19.3 Å². The molecule has 2 aromatic heterocycles. The number of carbonyl (C=O) groups excluding carboxylic acids is 1. The molecule has 0 spiro atoms. The Kier molecular flexibility index (Phi) is 5.65. The van der Waals surface area contributed by atoms with Gasteiger partial charge in [-0.2, -0.15) is 0 Å². The topological polar surface area (TPSA) is 74.2 Å². The number of nitrogens with one attached hydrogen (secondary N) is 1. The summed E-state index contributed by atoms with van der Waals surface area (Å²) in [6, 6.07) is 2.29. The number of rotatable bonds is 4. The lowest BCUT2D eigenvalue weighted by Crippen LogP contribution is -2.38. The first-order valence-electron chi connectivity index (χ1n) is 9.05. The van der Waals surface area contributed by atoms with Crippen LogP contribution in [0.4, 0.5) is 16.3 Å². The molecule has 2 aromatic rings. The lowest BCUT2D eigenvalue weighted by Gasteiger charge is -2.35. The second-order valence-corrected chi connectivity index (χ2v) is 6.89. The van der Waals surface area contributed by atoms with Gasteiger partial charge in [-0.3, -0.25) is 9.97 Å². The summed E-state index contributed by atoms with van der Waals surface area (Å²) in [6.45, 7) is 5.73. The van der Waals surface area contributed by atoms with Crippen LogP contribution in [0.15, 0.2) is 30.9 Å². The fourth-order valence-corrected chi connectivity index (χ4v) is 3.29. The van der Waals surface area contributed by atoms with Crippen molar-refractivity contribution in [2.75, 3.05) is 23.8 Å². The first kappa shape index (κ1) is 18.1. The molecule has 7 heteroatoms. The zero-order chi connectivity index (χ0) is 18.5. The highest BCUT2D eigenvalue weighted by molar-refractivity contribution is 5.89. The number of pyridine rings is 1. The highest BCUT2D eigenvalue weighted by Crippen LogP contribution is 2.27. The van der Waals surface area contributed by atoms with Crippen LogP contribution in [-0.2, 0) is 6.54 Å². The number of hydrogen-bond donors (Lipinski definition) is 1. The predicted octanol–water partition coefficient (Wildman–Crippen LogP) is 3.22. The van der Waals surface area contributed by atoms with Crippen molar-refractivity contribution in [1.29, 1.82) is 0 Å². The van der Waals surface area contributed by atoms with Gasteiger partial charge in [0.05, 0.1) is 30.3 Å². The van der Waals surface area contributed by atoms with Gasteiger partial charge in [0, 0.05) is 32.0 Å². The molecule has 1 fully saturated rings. The molecule has 3 heterocycles. The Morgan fingerprint density at radius 2 is 2.15 bits per heavy atom. The normalized spacial score (nSPS) is 17.0. The maximum Gasteiger partial charge on any atom is 0.321 e. The largest absolute Gasteiger partial charge is 0.354 e. The van der Waals surface area contributed by atoms with Crippen LogP contribution >= 0.6 is 0 Å². The number of anilines is 2. The van der Waals surface area contributed by atoms with Gasteiger partial charge in [-0.25, -0.2) is 9.78 Å². The molecular formula is C19H26N6O. The molecule has 1 aliphatic heterocycles. The van der Waals surface area contributed by atoms with Gasteiger partial charge < -0.3 is 15.1 Å². The molecule has 138 valence electrons. The van der Waals surface area contributed by atoms with Crippen LogP contribution in [0.1, 0.15) is 37.4 Å². The quantitative estimate of drug-likeness (QED) is 0.912. The van der Waals surface area contributed by atoms with Gasteiger partial charge in [0.25, 0.3) is 0 Å². The number of amides is 2. The van der Waals surface area contributed by atoms with Gasteiger partial charge in [-0.15, -0.1) is 0 Å². The van der Waals surface area contributed by atoms with Crippen LogP contribution in [0, 0.1) is 6.92 Å². The maximum atomic E-state index is 12.4. The van der Waals surface area contributed by atoms with Gasteiger partial charge in [-0.1, -0.05) is 0 Å². The molecule has 7 nitrogen and oxygen atoms in total. The SMILES string of the molecule is Cc1cc(NC(=O)N(C)Cc2cnccn2)cnc1N1CCCCC1C. The summed E-state index contributed by atoms with van der Waals surface area (Å²) < 4.78 is 0. The van der Waals surface area contributed by atoms with E-state index in [0.29, 0.717) is 18.3 Å². The van der Waals surface area contributed by atoms with Crippen LogP contribution in [0.2, 0.25) is 0 Å². The Balaban J connectivity index is 1.64. The average molecular weight is 354 g/mol. The van der Waals surface area contributed by atoms with Crippen molar-refractivity contribution < 1.29 is 4.79 Å². The Bertz CT molecular complexity index is 751. The van der Waals surface area contributed by atoms with Crippen molar-refractivity contribution in [1.82, 2.24) is 19.9 Å². The van der Waals surface area contributed by atoms with Crippen LogP contribution in [0.25, 0.3) is 0 Å². The van der Waals surface area contributed by atoms with E-state index in [2.05, 4.69) is 32.1 Å². The highest BCUT2D eigenvalue weighted by Gasteiger charge is 2.21. The Labute approximate surface area is 154 Å². The smallest absolute Gasteiger partial charge is 0.321 e. The van der Waals surface area contributed by atoms with Crippen molar-refractivity contribution in [2.45, 2.75) is 45.7 Å². The molecule has 0 bridgehead atoms. The maximum absolute atomic E-state index is 12.4. The summed E-state index contributed by atoms with van der Waals surface area (Å²) in [5.41, 5.74) is 2.52. The minimum atomic E-state index is -0.198. The summed E-state index contributed by atoms with van der Waals surface area (Å²) in [6.07, 6.45) is 10.3.